The van der Waals surface area contributed by atoms with Gasteiger partial charge in [0.25, 0.3) is 0 Å². The van der Waals surface area contributed by atoms with Crippen molar-refractivity contribution in [2.45, 2.75) is 20.8 Å². The van der Waals surface area contributed by atoms with Gasteiger partial charge < -0.3 is 25.6 Å². The van der Waals surface area contributed by atoms with E-state index in [9.17, 15) is 14.4 Å². The predicted molar refractivity (Wildman–Crippen MR) is 113 cm³/mol. The molecule has 4 aromatic rings. The summed E-state index contributed by atoms with van der Waals surface area (Å²) in [6, 6.07) is 0. The minimum Gasteiger partial charge on any atom is -0.351 e. The Balaban J connectivity index is 0.000000211. The molecule has 0 bridgehead atoms. The Morgan fingerprint density at radius 2 is 1.68 bits per heavy atom. The van der Waals surface area contributed by atoms with Crippen LogP contribution in [0.3, 0.4) is 0 Å². The van der Waals surface area contributed by atoms with Crippen LogP contribution < -0.4 is 10.6 Å². The van der Waals surface area contributed by atoms with E-state index in [1.807, 2.05) is 0 Å². The van der Waals surface area contributed by atoms with Gasteiger partial charge in [-0.2, -0.15) is 0 Å². The second-order valence-electron chi connectivity index (χ2n) is 5.53. The standard InChI is InChI=1S/2C5H7N3O.C5H6N2O.C3H4N2/c2*1-4(9)8-5-2-6-3-7-5;1-5(8)7-3-2-6-4-7;1-2-5-3-4-1/h2*2-3H,1H3,(H,6,7)(H,8,9);2-4H,1H3;1-3H,(H,4,5). The van der Waals surface area contributed by atoms with Gasteiger partial charge in [-0.15, -0.1) is 0 Å². The molecule has 4 heterocycles. The average molecular weight is 428 g/mol. The van der Waals surface area contributed by atoms with E-state index in [-0.39, 0.29) is 17.7 Å². The Morgan fingerprint density at radius 3 is 2.03 bits per heavy atom. The normalized spacial score (nSPS) is 8.87. The maximum Gasteiger partial charge on any atom is 0.228 e. The molecule has 13 nitrogen and oxygen atoms in total. The molecular formula is C18H24N10O3. The third-order valence-electron chi connectivity index (χ3n) is 2.89. The Labute approximate surface area is 177 Å². The highest BCUT2D eigenvalue weighted by atomic mass is 16.2. The van der Waals surface area contributed by atoms with Gasteiger partial charge in [0.05, 0.1) is 25.2 Å². The zero-order valence-electron chi connectivity index (χ0n) is 17.2. The lowest BCUT2D eigenvalue weighted by molar-refractivity contribution is -0.115. The number of amides is 2. The number of aromatic amines is 3. The molecule has 0 spiro atoms. The van der Waals surface area contributed by atoms with E-state index in [1.165, 1.54) is 44.3 Å². The van der Waals surface area contributed by atoms with Crippen molar-refractivity contribution in [3.05, 3.63) is 62.5 Å². The summed E-state index contributed by atoms with van der Waals surface area (Å²) in [5.41, 5.74) is 0. The fraction of sp³-hybridized carbons (Fsp3) is 0.167. The number of H-pyrrole nitrogens is 3. The molecule has 2 amide bonds. The molecule has 0 aliphatic rings. The lowest BCUT2D eigenvalue weighted by Gasteiger charge is -1.92. The average Bonchev–Trinajstić information content (AvgIpc) is 3.51. The van der Waals surface area contributed by atoms with Crippen LogP contribution in [-0.4, -0.2) is 57.2 Å². The van der Waals surface area contributed by atoms with Gasteiger partial charge in [-0.3, -0.25) is 19.0 Å². The summed E-state index contributed by atoms with van der Waals surface area (Å²) >= 11 is 0. The third kappa shape index (κ3) is 12.5. The Bertz CT molecular complexity index is 899. The van der Waals surface area contributed by atoms with Crippen molar-refractivity contribution >= 4 is 29.4 Å². The molecule has 0 radical (unpaired) electrons. The van der Waals surface area contributed by atoms with Crippen LogP contribution in [0.2, 0.25) is 0 Å². The largest absolute Gasteiger partial charge is 0.351 e. The quantitative estimate of drug-likeness (QED) is 0.322. The van der Waals surface area contributed by atoms with E-state index in [0.717, 1.165) is 0 Å². The van der Waals surface area contributed by atoms with Crippen LogP contribution in [-0.2, 0) is 9.59 Å². The number of imidazole rings is 4. The zero-order chi connectivity index (χ0) is 22.9. The second kappa shape index (κ2) is 14.4. The van der Waals surface area contributed by atoms with Crippen LogP contribution in [0.1, 0.15) is 25.6 Å². The van der Waals surface area contributed by atoms with Gasteiger partial charge in [0.15, 0.2) is 5.82 Å². The second-order valence-corrected chi connectivity index (χ2v) is 5.53. The van der Waals surface area contributed by atoms with Gasteiger partial charge in [-0.25, -0.2) is 19.9 Å². The molecule has 0 fully saturated rings. The summed E-state index contributed by atoms with van der Waals surface area (Å²) in [5, 5.41) is 5.03. The van der Waals surface area contributed by atoms with Crippen molar-refractivity contribution in [3.8, 4) is 0 Å². The van der Waals surface area contributed by atoms with Crippen LogP contribution in [0.25, 0.3) is 0 Å². The first-order valence-electron chi connectivity index (χ1n) is 8.82. The fourth-order valence-electron chi connectivity index (χ4n) is 1.68. The van der Waals surface area contributed by atoms with Crippen LogP contribution >= 0.6 is 0 Å². The van der Waals surface area contributed by atoms with Gasteiger partial charge in [0.2, 0.25) is 17.7 Å². The SMILES string of the molecule is CC(=O)Nc1c[nH]cn1.CC(=O)Nc1cnc[nH]1.CC(=O)n1ccnc1.c1c[nH]cn1. The maximum atomic E-state index is 10.4. The van der Waals surface area contributed by atoms with E-state index in [2.05, 4.69) is 45.5 Å². The first-order chi connectivity index (χ1) is 14.9. The van der Waals surface area contributed by atoms with E-state index >= 15 is 0 Å². The Kier molecular flexibility index (Phi) is 11.4. The molecule has 0 aliphatic carbocycles. The highest BCUT2D eigenvalue weighted by molar-refractivity contribution is 5.87. The number of carbonyl (C=O) groups excluding carboxylic acids is 3. The number of rotatable bonds is 2. The molecule has 31 heavy (non-hydrogen) atoms. The monoisotopic (exact) mass is 428 g/mol. The molecule has 0 saturated heterocycles. The molecule has 0 saturated carbocycles. The highest BCUT2D eigenvalue weighted by Crippen LogP contribution is 1.96. The molecule has 13 heteroatoms. The van der Waals surface area contributed by atoms with Crippen LogP contribution in [0, 0.1) is 0 Å². The van der Waals surface area contributed by atoms with Crippen LogP contribution in [0.4, 0.5) is 11.6 Å². The van der Waals surface area contributed by atoms with Crippen molar-refractivity contribution in [1.29, 1.82) is 0 Å². The summed E-state index contributed by atoms with van der Waals surface area (Å²) in [5.74, 6) is 0.967. The molecule has 0 atom stereocenters. The number of hydrogen-bond donors (Lipinski definition) is 5. The zero-order valence-corrected chi connectivity index (χ0v) is 17.2. The van der Waals surface area contributed by atoms with Crippen molar-refractivity contribution < 1.29 is 14.4 Å². The lowest BCUT2D eigenvalue weighted by atomic mass is 10.6. The molecule has 5 N–H and O–H groups in total. The Morgan fingerprint density at radius 1 is 0.903 bits per heavy atom. The number of anilines is 2. The molecule has 0 aromatic carbocycles. The fourth-order valence-corrected chi connectivity index (χ4v) is 1.68. The third-order valence-corrected chi connectivity index (χ3v) is 2.89. The molecule has 4 aromatic heterocycles. The number of nitrogens with zero attached hydrogens (tertiary/aromatic N) is 5. The van der Waals surface area contributed by atoms with Gasteiger partial charge in [-0.05, 0) is 0 Å². The first kappa shape index (κ1) is 24.5. The molecule has 164 valence electrons. The Hall–Kier alpha value is -4.55. The van der Waals surface area contributed by atoms with E-state index < -0.39 is 0 Å². The van der Waals surface area contributed by atoms with Crippen molar-refractivity contribution in [2.24, 2.45) is 0 Å². The highest BCUT2D eigenvalue weighted by Gasteiger charge is 1.93. The number of hydrogen-bond acceptors (Lipinski definition) is 7. The minimum absolute atomic E-state index is 0.0116. The number of carbonyl (C=O) groups is 3. The number of nitrogens with one attached hydrogen (secondary N) is 5. The smallest absolute Gasteiger partial charge is 0.228 e. The summed E-state index contributed by atoms with van der Waals surface area (Å²) < 4.78 is 1.42. The summed E-state index contributed by atoms with van der Waals surface area (Å²) in [4.78, 5) is 54.1. The first-order valence-corrected chi connectivity index (χ1v) is 8.82. The van der Waals surface area contributed by atoms with E-state index in [0.29, 0.717) is 11.6 Å². The van der Waals surface area contributed by atoms with Gasteiger partial charge in [0, 0.05) is 51.8 Å². The predicted octanol–water partition coefficient (Wildman–Crippen LogP) is 1.69. The van der Waals surface area contributed by atoms with Crippen LogP contribution in [0.5, 0.6) is 0 Å². The summed E-state index contributed by atoms with van der Waals surface area (Å²) in [7, 11) is 0. The number of aromatic nitrogens is 8. The van der Waals surface area contributed by atoms with Crippen molar-refractivity contribution in [2.75, 3.05) is 10.6 Å². The summed E-state index contributed by atoms with van der Waals surface area (Å²) in [6.07, 6.45) is 15.9. The topological polar surface area (TPSA) is 179 Å². The van der Waals surface area contributed by atoms with Crippen LogP contribution in [0.15, 0.2) is 62.5 Å². The molecule has 4 rings (SSSR count). The maximum absolute atomic E-state index is 10.4. The molecular weight excluding hydrogens is 404 g/mol. The molecule has 0 aliphatic heterocycles. The van der Waals surface area contributed by atoms with E-state index in [1.54, 1.807) is 43.5 Å². The van der Waals surface area contributed by atoms with Gasteiger partial charge in [-0.1, -0.05) is 0 Å². The van der Waals surface area contributed by atoms with Gasteiger partial charge >= 0.3 is 0 Å². The molecule has 0 unspecified atom stereocenters. The lowest BCUT2D eigenvalue weighted by Crippen LogP contribution is -2.05. The van der Waals surface area contributed by atoms with E-state index in [4.69, 9.17) is 0 Å². The van der Waals surface area contributed by atoms with Crippen molar-refractivity contribution in [1.82, 2.24) is 39.5 Å². The summed E-state index contributed by atoms with van der Waals surface area (Å²) in [6.45, 7) is 4.37. The minimum atomic E-state index is -0.109. The van der Waals surface area contributed by atoms with Gasteiger partial charge in [0.1, 0.15) is 12.1 Å². The van der Waals surface area contributed by atoms with Crippen molar-refractivity contribution in [3.63, 3.8) is 0 Å².